The van der Waals surface area contributed by atoms with Crippen molar-refractivity contribution >= 4 is 29.1 Å². The second-order valence-electron chi connectivity index (χ2n) is 6.74. The number of nitrogens with one attached hydrogen (secondary N) is 1. The minimum atomic E-state index is -2.92. The molecule has 2 aromatic rings. The average molecular weight is 436 g/mol. The summed E-state index contributed by atoms with van der Waals surface area (Å²) in [6.07, 6.45) is 5.09. The number of hydrogen-bond acceptors (Lipinski definition) is 5. The lowest BCUT2D eigenvalue weighted by Crippen LogP contribution is -2.16. The Morgan fingerprint density at radius 3 is 2.69 bits per heavy atom. The Bertz CT molecular complexity index is 888. The van der Waals surface area contributed by atoms with E-state index in [-0.39, 0.29) is 12.0 Å². The van der Waals surface area contributed by atoms with Crippen LogP contribution in [0.3, 0.4) is 0 Å². The predicted octanol–water partition coefficient (Wildman–Crippen LogP) is 6.46. The summed E-state index contributed by atoms with van der Waals surface area (Å²) in [6, 6.07) is 6.56. The van der Waals surface area contributed by atoms with Crippen LogP contribution in [0.5, 0.6) is 0 Å². The van der Waals surface area contributed by atoms with Gasteiger partial charge in [-0.2, -0.15) is 0 Å². The monoisotopic (exact) mass is 435 g/mol. The first-order valence-electron chi connectivity index (χ1n) is 9.41. The third kappa shape index (κ3) is 6.72. The van der Waals surface area contributed by atoms with Crippen molar-refractivity contribution < 1.29 is 8.78 Å². The van der Waals surface area contributed by atoms with Gasteiger partial charge in [-0.1, -0.05) is 49.9 Å². The molecular formula is C22H27F2N3S2. The summed E-state index contributed by atoms with van der Waals surface area (Å²) in [5.74, 6) is -2.92. The quantitative estimate of drug-likeness (QED) is 0.216. The predicted molar refractivity (Wildman–Crippen MR) is 123 cm³/mol. The Morgan fingerprint density at radius 1 is 1.31 bits per heavy atom. The maximum Gasteiger partial charge on any atom is 0.273 e. The van der Waals surface area contributed by atoms with Gasteiger partial charge in [0.15, 0.2) is 5.13 Å². The number of anilines is 1. The minimum absolute atomic E-state index is 0.00998. The van der Waals surface area contributed by atoms with E-state index in [1.807, 2.05) is 6.92 Å². The number of aryl methyl sites for hydroxylation is 1. The van der Waals surface area contributed by atoms with Crippen LogP contribution < -0.4 is 11.1 Å². The normalized spacial score (nSPS) is 12.1. The summed E-state index contributed by atoms with van der Waals surface area (Å²) in [5.41, 5.74) is 7.49. The number of aromatic nitrogens is 1. The molecule has 2 rings (SSSR count). The number of nitrogens with zero attached hydrogens (tertiary/aromatic N) is 1. The molecule has 0 aliphatic heterocycles. The number of hydrogen-bond donors (Lipinski definition) is 3. The van der Waals surface area contributed by atoms with Crippen LogP contribution in [-0.2, 0) is 5.92 Å². The molecule has 0 amide bonds. The maximum absolute atomic E-state index is 14.9. The third-order valence-electron chi connectivity index (χ3n) is 4.44. The highest BCUT2D eigenvalue weighted by atomic mass is 32.1. The van der Waals surface area contributed by atoms with E-state index in [1.54, 1.807) is 30.4 Å². The van der Waals surface area contributed by atoms with E-state index in [1.165, 1.54) is 17.4 Å². The van der Waals surface area contributed by atoms with E-state index in [9.17, 15) is 8.78 Å². The van der Waals surface area contributed by atoms with E-state index < -0.39 is 5.92 Å². The van der Waals surface area contributed by atoms with E-state index in [2.05, 4.69) is 36.1 Å². The van der Waals surface area contributed by atoms with Crippen molar-refractivity contribution in [2.24, 2.45) is 0 Å². The maximum atomic E-state index is 14.9. The van der Waals surface area contributed by atoms with Crippen molar-refractivity contribution in [2.45, 2.75) is 38.5 Å². The molecule has 0 unspecified atom stereocenters. The van der Waals surface area contributed by atoms with Gasteiger partial charge in [-0.25, -0.2) is 13.8 Å². The first-order chi connectivity index (χ1) is 13.7. The van der Waals surface area contributed by atoms with Crippen LogP contribution in [0.1, 0.15) is 36.1 Å². The molecule has 0 saturated carbocycles. The summed E-state index contributed by atoms with van der Waals surface area (Å²) in [4.78, 5) is 5.81. The van der Waals surface area contributed by atoms with E-state index in [0.717, 1.165) is 21.9 Å². The number of allylic oxidation sites excluding steroid dienone is 2. The molecule has 156 valence electrons. The lowest BCUT2D eigenvalue weighted by atomic mass is 9.95. The van der Waals surface area contributed by atoms with Gasteiger partial charge in [-0.05, 0) is 25.8 Å². The number of thiol groups is 1. The summed E-state index contributed by atoms with van der Waals surface area (Å²) >= 11 is 5.52. The number of rotatable bonds is 11. The van der Waals surface area contributed by atoms with Crippen molar-refractivity contribution in [3.05, 3.63) is 70.6 Å². The van der Waals surface area contributed by atoms with Gasteiger partial charge in [-0.3, -0.25) is 0 Å². The Kier molecular flexibility index (Phi) is 8.46. The molecule has 0 spiro atoms. The van der Waals surface area contributed by atoms with Crippen LogP contribution >= 0.6 is 24.0 Å². The van der Waals surface area contributed by atoms with Gasteiger partial charge in [0.05, 0.1) is 5.69 Å². The first kappa shape index (κ1) is 23.2. The van der Waals surface area contributed by atoms with Gasteiger partial charge in [0.2, 0.25) is 0 Å². The van der Waals surface area contributed by atoms with Crippen LogP contribution in [0.25, 0.3) is 11.3 Å². The molecule has 0 saturated heterocycles. The number of benzene rings is 1. The van der Waals surface area contributed by atoms with Gasteiger partial charge in [0.25, 0.3) is 5.92 Å². The Morgan fingerprint density at radius 2 is 2.03 bits per heavy atom. The molecule has 0 bridgehead atoms. The SMILES string of the molecule is C=C/C(S)=C\C(=C)NCCCCCC(F)(F)c1ccccc1-c1nc(N)sc1C. The van der Waals surface area contributed by atoms with E-state index >= 15 is 0 Å². The Hall–Kier alpha value is -2.12. The van der Waals surface area contributed by atoms with Crippen LogP contribution in [0, 0.1) is 6.92 Å². The van der Waals surface area contributed by atoms with Crippen molar-refractivity contribution in [1.29, 1.82) is 0 Å². The number of nitrogen functional groups attached to an aromatic ring is 1. The number of halogens is 2. The van der Waals surface area contributed by atoms with Crippen LogP contribution in [0.2, 0.25) is 0 Å². The average Bonchev–Trinajstić information content (AvgIpc) is 3.02. The van der Waals surface area contributed by atoms with Crippen LogP contribution in [0.15, 0.2) is 60.2 Å². The molecule has 3 N–H and O–H groups in total. The molecule has 29 heavy (non-hydrogen) atoms. The topological polar surface area (TPSA) is 50.9 Å². The fraction of sp³-hybridized carbons (Fsp3) is 0.318. The highest BCUT2D eigenvalue weighted by Gasteiger charge is 2.34. The Labute approximate surface area is 180 Å². The van der Waals surface area contributed by atoms with Crippen molar-refractivity contribution in [2.75, 3.05) is 12.3 Å². The number of nitrogens with two attached hydrogens (primary N) is 1. The summed E-state index contributed by atoms with van der Waals surface area (Å²) in [5, 5.41) is 3.53. The van der Waals surface area contributed by atoms with Crippen LogP contribution in [-0.4, -0.2) is 11.5 Å². The lowest BCUT2D eigenvalue weighted by molar-refractivity contribution is -0.0152. The summed E-state index contributed by atoms with van der Waals surface area (Å²) in [6.45, 7) is 10.0. The van der Waals surface area contributed by atoms with Crippen molar-refractivity contribution in [1.82, 2.24) is 10.3 Å². The first-order valence-corrected chi connectivity index (χ1v) is 10.7. The second kappa shape index (κ2) is 10.6. The minimum Gasteiger partial charge on any atom is -0.385 e. The van der Waals surface area contributed by atoms with E-state index in [0.29, 0.717) is 35.8 Å². The zero-order chi connectivity index (χ0) is 21.4. The second-order valence-corrected chi connectivity index (χ2v) is 8.49. The number of alkyl halides is 2. The molecule has 1 aromatic heterocycles. The molecule has 1 aromatic carbocycles. The lowest BCUT2D eigenvalue weighted by Gasteiger charge is -2.20. The van der Waals surface area contributed by atoms with Crippen LogP contribution in [0.4, 0.5) is 13.9 Å². The third-order valence-corrected chi connectivity index (χ3v) is 5.55. The van der Waals surface area contributed by atoms with Gasteiger partial charge in [0, 0.05) is 39.6 Å². The molecule has 0 atom stereocenters. The van der Waals surface area contributed by atoms with E-state index in [4.69, 9.17) is 5.73 Å². The number of thiazole rings is 1. The van der Waals surface area contributed by atoms with Crippen molar-refractivity contribution in [3.8, 4) is 11.3 Å². The zero-order valence-electron chi connectivity index (χ0n) is 16.5. The largest absolute Gasteiger partial charge is 0.385 e. The fourth-order valence-electron chi connectivity index (χ4n) is 3.00. The highest BCUT2D eigenvalue weighted by Crippen LogP contribution is 2.41. The Balaban J connectivity index is 1.91. The van der Waals surface area contributed by atoms with Gasteiger partial charge < -0.3 is 11.1 Å². The summed E-state index contributed by atoms with van der Waals surface area (Å²) in [7, 11) is 0. The van der Waals surface area contributed by atoms with Crippen molar-refractivity contribution in [3.63, 3.8) is 0 Å². The van der Waals surface area contributed by atoms with Gasteiger partial charge in [-0.15, -0.1) is 24.0 Å². The van der Waals surface area contributed by atoms with Gasteiger partial charge >= 0.3 is 0 Å². The highest BCUT2D eigenvalue weighted by molar-refractivity contribution is 7.84. The molecule has 3 nitrogen and oxygen atoms in total. The standard InChI is InChI=1S/C22H27F2N3S2/c1-4-17(28)14-15(2)26-13-9-5-8-12-22(23,24)19-11-7-6-10-18(19)20-16(3)29-21(25)27-20/h4,6-7,10-11,14,26,28H,1-2,5,8-9,12-13H2,3H3,(H2,25,27)/b17-14+. The number of unbranched alkanes of at least 4 members (excludes halogenated alkanes) is 2. The fourth-order valence-corrected chi connectivity index (χ4v) is 3.85. The smallest absolute Gasteiger partial charge is 0.273 e. The zero-order valence-corrected chi connectivity index (χ0v) is 18.3. The molecular weight excluding hydrogens is 408 g/mol. The van der Waals surface area contributed by atoms with Gasteiger partial charge in [0.1, 0.15) is 0 Å². The molecule has 7 heteroatoms. The molecule has 0 fully saturated rings. The summed E-state index contributed by atoms with van der Waals surface area (Å²) < 4.78 is 29.9. The molecule has 0 radical (unpaired) electrons. The molecule has 1 heterocycles. The molecule has 0 aliphatic rings. The molecule has 0 aliphatic carbocycles.